The smallest absolute Gasteiger partial charge is 0.270 e. The SMILES string of the molecule is C.C.COc1cc2c(cc1OCc1cc(COc3cc4c(cc3C)C(=O)N3c5ccccc5C[C@H]3C(S(=O)(=O)O)C4)cc(NC(=O)[C@H](C)CC(=O)[C@H](C)NC(=O)CCC(C)(C)S)c1)CC[C@@H]1Cc3ccccc3N1C2=O.COc1cc2c(cc1OCc1cc(COc3cc4c(cc3C)C(=O)N3c5ccccc5C[C@H]3C=N4)cc(NC(=O)[C@H](C)CC(=O)[C@H](C)NC(=O)CCC(C)(C)S)c1)CC[C@@H]1Cc3ccccc3N1C2=O. The second kappa shape index (κ2) is 44.4. The number of methoxy groups -OCH3 is 2. The minimum Gasteiger partial charge on any atom is -0.493 e. The van der Waals surface area contributed by atoms with E-state index in [9.17, 15) is 60.9 Å². The molecule has 8 aliphatic rings. The molecule has 0 radical (unpaired) electrons. The molecule has 0 spiro atoms. The number of nitrogens with one attached hydrogen (secondary N) is 4. The second-order valence-corrected chi connectivity index (χ2v) is 44.4. The van der Waals surface area contributed by atoms with Crippen LogP contribution in [0.15, 0.2) is 187 Å². The third-order valence-corrected chi connectivity index (χ3v) is 30.0. The van der Waals surface area contributed by atoms with Gasteiger partial charge in [-0.25, -0.2) is 0 Å². The molecule has 9 atom stereocenters. The van der Waals surface area contributed by atoms with Gasteiger partial charge in [-0.1, -0.05) is 129 Å². The lowest BCUT2D eigenvalue weighted by Gasteiger charge is -2.27. The average molecular weight is 2040 g/mol. The van der Waals surface area contributed by atoms with Crippen molar-refractivity contribution in [3.63, 3.8) is 0 Å². The van der Waals surface area contributed by atoms with Crippen molar-refractivity contribution < 1.29 is 89.3 Å². The summed E-state index contributed by atoms with van der Waals surface area (Å²) in [5.74, 6) is -1.34. The minimum atomic E-state index is -4.61. The average Bonchev–Trinajstić information content (AvgIpc) is 1.76. The lowest BCUT2D eigenvalue weighted by Crippen LogP contribution is -2.47. The largest absolute Gasteiger partial charge is 0.493 e. The molecule has 0 fully saturated rings. The van der Waals surface area contributed by atoms with E-state index in [-0.39, 0.29) is 160 Å². The van der Waals surface area contributed by atoms with Crippen molar-refractivity contribution >= 4 is 140 Å². The van der Waals surface area contributed by atoms with E-state index in [1.54, 1.807) is 96.3 Å². The molecule has 0 aromatic heterocycles. The Kier molecular flexibility index (Phi) is 32.4. The van der Waals surface area contributed by atoms with E-state index in [4.69, 9.17) is 33.4 Å². The Balaban J connectivity index is 0.000000217. The van der Waals surface area contributed by atoms with Gasteiger partial charge in [0.1, 0.15) is 43.2 Å². The van der Waals surface area contributed by atoms with Crippen LogP contribution in [0.2, 0.25) is 0 Å². The quantitative estimate of drug-likeness (QED) is 0.0148. The molecule has 10 aromatic carbocycles. The molecule has 146 heavy (non-hydrogen) atoms. The van der Waals surface area contributed by atoms with Crippen molar-refractivity contribution in [2.24, 2.45) is 16.8 Å². The van der Waals surface area contributed by atoms with Crippen LogP contribution in [0, 0.1) is 25.7 Å². The number of amides is 8. The zero-order valence-corrected chi connectivity index (χ0v) is 85.5. The highest BCUT2D eigenvalue weighted by atomic mass is 32.2. The molecule has 31 heteroatoms. The number of Topliss-reactive ketones (excluding diaryl/α,β-unsaturated/α-hetero) is 2. The number of thiol groups is 2. The molecule has 10 aromatic rings. The van der Waals surface area contributed by atoms with Gasteiger partial charge in [0, 0.05) is 129 Å². The molecule has 5 N–H and O–H groups in total. The molecule has 0 bridgehead atoms. The van der Waals surface area contributed by atoms with Crippen LogP contribution in [0.4, 0.5) is 39.8 Å². The number of ketones is 2. The highest BCUT2D eigenvalue weighted by molar-refractivity contribution is 7.86. The number of carbonyl (C=O) groups is 10. The summed E-state index contributed by atoms with van der Waals surface area (Å²) < 4.78 is 73.4. The zero-order valence-electron chi connectivity index (χ0n) is 82.9. The van der Waals surface area contributed by atoms with Crippen LogP contribution in [0.5, 0.6) is 34.5 Å². The van der Waals surface area contributed by atoms with E-state index in [1.807, 2.05) is 171 Å². The molecule has 0 saturated heterocycles. The first-order valence-corrected chi connectivity index (χ1v) is 51.4. The summed E-state index contributed by atoms with van der Waals surface area (Å²) in [4.78, 5) is 148. The third-order valence-electron chi connectivity index (χ3n) is 28.3. The van der Waals surface area contributed by atoms with E-state index < -0.39 is 51.2 Å². The van der Waals surface area contributed by atoms with Crippen LogP contribution in [0.25, 0.3) is 0 Å². The zero-order chi connectivity index (χ0) is 102. The number of aliphatic imine (C=N–C) groups is 1. The highest BCUT2D eigenvalue weighted by Crippen LogP contribution is 2.47. The molecule has 766 valence electrons. The van der Waals surface area contributed by atoms with Crippen LogP contribution in [-0.4, -0.2) is 143 Å². The summed E-state index contributed by atoms with van der Waals surface area (Å²) in [5, 5.41) is 10.2. The number of nitrogens with zero attached hydrogens (tertiary/aromatic N) is 5. The second-order valence-electron chi connectivity index (χ2n) is 40.4. The van der Waals surface area contributed by atoms with Crippen molar-refractivity contribution in [3.8, 4) is 34.5 Å². The van der Waals surface area contributed by atoms with Gasteiger partial charge in [0.25, 0.3) is 33.7 Å². The first kappa shape index (κ1) is 107. The Morgan fingerprint density at radius 1 is 0.438 bits per heavy atom. The fraction of sp³-hybridized carbons (Fsp3) is 0.383. The molecule has 0 saturated carbocycles. The van der Waals surface area contributed by atoms with Gasteiger partial charge in [-0.05, 0) is 267 Å². The molecular formula is C115H129N9O19S3. The predicted molar refractivity (Wildman–Crippen MR) is 573 cm³/mol. The van der Waals surface area contributed by atoms with Crippen LogP contribution >= 0.6 is 25.3 Å². The Bertz CT molecular complexity index is 6950. The summed E-state index contributed by atoms with van der Waals surface area (Å²) in [6.07, 6.45) is 8.49. The van der Waals surface area contributed by atoms with Crippen molar-refractivity contribution in [2.75, 3.05) is 44.5 Å². The van der Waals surface area contributed by atoms with E-state index in [0.717, 1.165) is 76.1 Å². The molecule has 0 aliphatic carbocycles. The molecule has 28 nitrogen and oxygen atoms in total. The molecular weight excluding hydrogens is 1910 g/mol. The van der Waals surface area contributed by atoms with Gasteiger partial charge in [-0.15, -0.1) is 0 Å². The Morgan fingerprint density at radius 3 is 1.23 bits per heavy atom. The third kappa shape index (κ3) is 23.7. The van der Waals surface area contributed by atoms with E-state index >= 15 is 0 Å². The van der Waals surface area contributed by atoms with Crippen molar-refractivity contribution in [3.05, 3.63) is 277 Å². The number of hydrogen-bond donors (Lipinski definition) is 7. The molecule has 1 unspecified atom stereocenters. The fourth-order valence-electron chi connectivity index (χ4n) is 20.6. The topological polar surface area (TPSA) is 354 Å². The number of anilines is 6. The minimum absolute atomic E-state index is 0. The Hall–Kier alpha value is -13.6. The maximum absolute atomic E-state index is 14.3. The number of hydrogen-bond acceptors (Lipinski definition) is 21. The number of aryl methyl sites for hydroxylation is 4. The van der Waals surface area contributed by atoms with E-state index in [1.165, 1.54) is 17.6 Å². The van der Waals surface area contributed by atoms with E-state index in [0.29, 0.717) is 145 Å². The number of para-hydroxylation sites is 4. The van der Waals surface area contributed by atoms with Crippen LogP contribution in [0.3, 0.4) is 0 Å². The number of benzene rings is 10. The molecule has 18 rings (SSSR count). The molecule has 8 heterocycles. The summed E-state index contributed by atoms with van der Waals surface area (Å²) in [7, 11) is -1.54. The summed E-state index contributed by atoms with van der Waals surface area (Å²) in [6, 6.07) is 53.9. The van der Waals surface area contributed by atoms with Gasteiger partial charge in [0.05, 0.1) is 49.6 Å². The van der Waals surface area contributed by atoms with Gasteiger partial charge in [0.15, 0.2) is 34.6 Å². The van der Waals surface area contributed by atoms with Crippen molar-refractivity contribution in [1.82, 2.24) is 10.6 Å². The number of ether oxygens (including phenoxy) is 6. The first-order chi connectivity index (χ1) is 68.7. The van der Waals surface area contributed by atoms with Gasteiger partial charge in [-0.2, -0.15) is 33.7 Å². The van der Waals surface area contributed by atoms with Gasteiger partial charge < -0.3 is 64.4 Å². The number of fused-ring (bicyclic) bond motifs is 16. The normalized spacial score (nSPS) is 17.8. The molecule has 8 amide bonds. The fourth-order valence-corrected chi connectivity index (χ4v) is 21.8. The number of rotatable bonds is 33. The maximum Gasteiger partial charge on any atom is 0.270 e. The first-order valence-electron chi connectivity index (χ1n) is 49.0. The number of carbonyl (C=O) groups excluding carboxylic acids is 10. The van der Waals surface area contributed by atoms with Crippen molar-refractivity contribution in [1.29, 1.82) is 0 Å². The Morgan fingerprint density at radius 2 is 0.801 bits per heavy atom. The summed E-state index contributed by atoms with van der Waals surface area (Å²) in [5.41, 5.74) is 17.2. The summed E-state index contributed by atoms with van der Waals surface area (Å²) >= 11 is 8.97. The Labute approximate surface area is 864 Å². The lowest BCUT2D eigenvalue weighted by molar-refractivity contribution is -0.129. The highest BCUT2D eigenvalue weighted by Gasteiger charge is 2.48. The standard InChI is InChI=1S/C57H62N4O11S2.C56H59N5O8S.2CH4/c1-32-19-43-40(28-52(74(67,68)69)47-25-39-12-8-10-14-46(39)61(47)56(43)66)27-49(32)71-30-35-21-36(23-41(22-35)59-54(64)33(2)20-48(62)34(3)58-53(63)17-18-57(4,5)73)31-72-51-26-37-15-16-42-24-38-11-7-9-13-45(38)60(42)55(65)44(37)29-50(51)70-6;1-32-19-44-45(57-29-42-25-39-12-8-10-14-47(39)61(42)55(44)66)28-49(32)68-30-35-21-36(23-40(22-35)59-53(64)33(2)20-48(62)34(3)58-52(63)17-18-56(4,5)70)31-69-51-26-37-15-16-41-24-38-11-7-9-13-46(38)60(41)54(65)43(37)27-50(51)67-6;;/h7-14,19,21-23,26-27,29,33-34,42,47,52,73H,15-18,20,24-25,28,30-31H2,1-6H3,(H,58,63)(H,59,64)(H,67,68,69);7-14,19,21-23,26-29,33-34,41-42,70H,15-18,20,24-25,30-31H2,1-6H3,(H,58,63)(H,59,64);2*1H4/t33-,34+,42-,47+,52?;33-,34+,41-,42+;;/m11../s1. The summed E-state index contributed by atoms with van der Waals surface area (Å²) in [6.45, 7) is 18.0. The van der Waals surface area contributed by atoms with Gasteiger partial charge in [-0.3, -0.25) is 62.4 Å². The van der Waals surface area contributed by atoms with Crippen molar-refractivity contribution in [2.45, 2.75) is 258 Å². The molecule has 8 aliphatic heterocycles. The van der Waals surface area contributed by atoms with Crippen LogP contribution < -0.4 is 69.3 Å². The van der Waals surface area contributed by atoms with E-state index in [2.05, 4.69) is 58.7 Å². The van der Waals surface area contributed by atoms with Gasteiger partial charge in [0.2, 0.25) is 23.6 Å². The predicted octanol–water partition coefficient (Wildman–Crippen LogP) is 19.4. The van der Waals surface area contributed by atoms with Crippen LogP contribution in [0.1, 0.15) is 235 Å². The lowest BCUT2D eigenvalue weighted by atomic mass is 9.97. The monoisotopic (exact) mass is 2040 g/mol. The van der Waals surface area contributed by atoms with Crippen LogP contribution in [-0.2, 0) is 110 Å². The van der Waals surface area contributed by atoms with Gasteiger partial charge >= 0.3 is 0 Å². The maximum atomic E-state index is 14.3.